The summed E-state index contributed by atoms with van der Waals surface area (Å²) in [6, 6.07) is 21.7. The van der Waals surface area contributed by atoms with Crippen molar-refractivity contribution < 1.29 is 9.53 Å². The zero-order chi connectivity index (χ0) is 17.6. The van der Waals surface area contributed by atoms with Gasteiger partial charge in [0.1, 0.15) is 5.75 Å². The largest absolute Gasteiger partial charge is 0.423 e. The van der Waals surface area contributed by atoms with Crippen molar-refractivity contribution in [2.24, 2.45) is 4.99 Å². The van der Waals surface area contributed by atoms with Crippen LogP contribution in [0, 0.1) is 6.92 Å². The number of aliphatic imine (C=N–C) groups is 1. The Kier molecular flexibility index (Phi) is 5.26. The van der Waals surface area contributed by atoms with E-state index >= 15 is 0 Å². The fourth-order valence-corrected chi connectivity index (χ4v) is 2.28. The topological polar surface area (TPSA) is 38.7 Å². The van der Waals surface area contributed by atoms with E-state index < -0.39 is 0 Å². The van der Waals surface area contributed by atoms with Crippen molar-refractivity contribution in [2.45, 2.75) is 6.92 Å². The van der Waals surface area contributed by atoms with Gasteiger partial charge in [-0.2, -0.15) is 0 Å². The van der Waals surface area contributed by atoms with E-state index in [4.69, 9.17) is 16.3 Å². The first kappa shape index (κ1) is 16.9. The smallest absolute Gasteiger partial charge is 0.343 e. The highest BCUT2D eigenvalue weighted by molar-refractivity contribution is 6.30. The van der Waals surface area contributed by atoms with Gasteiger partial charge in [0.05, 0.1) is 11.3 Å². The molecule has 0 fully saturated rings. The van der Waals surface area contributed by atoms with Crippen LogP contribution in [-0.4, -0.2) is 12.2 Å². The van der Waals surface area contributed by atoms with Crippen LogP contribution in [0.5, 0.6) is 5.75 Å². The number of ether oxygens (including phenoxy) is 1. The fraction of sp³-hybridized carbons (Fsp3) is 0.0476. The Morgan fingerprint density at radius 1 is 0.920 bits per heavy atom. The number of nitrogens with zero attached hydrogens (tertiary/aromatic N) is 1. The molecular weight excluding hydrogens is 334 g/mol. The van der Waals surface area contributed by atoms with Gasteiger partial charge in [-0.3, -0.25) is 4.99 Å². The summed E-state index contributed by atoms with van der Waals surface area (Å²) in [7, 11) is 0. The van der Waals surface area contributed by atoms with E-state index in [1.807, 2.05) is 43.3 Å². The minimum Gasteiger partial charge on any atom is -0.423 e. The summed E-state index contributed by atoms with van der Waals surface area (Å²) in [5, 5.41) is 0.676. The minimum atomic E-state index is -0.384. The van der Waals surface area contributed by atoms with Gasteiger partial charge in [0, 0.05) is 11.2 Å². The van der Waals surface area contributed by atoms with Crippen LogP contribution in [0.2, 0.25) is 5.02 Å². The molecule has 0 saturated heterocycles. The van der Waals surface area contributed by atoms with Crippen molar-refractivity contribution in [3.05, 3.63) is 94.5 Å². The minimum absolute atomic E-state index is 0.384. The summed E-state index contributed by atoms with van der Waals surface area (Å²) in [5.74, 6) is 0.147. The summed E-state index contributed by atoms with van der Waals surface area (Å²) >= 11 is 5.85. The van der Waals surface area contributed by atoms with Crippen molar-refractivity contribution in [2.75, 3.05) is 0 Å². The maximum atomic E-state index is 12.2. The zero-order valence-electron chi connectivity index (χ0n) is 13.6. The molecule has 0 radical (unpaired) electrons. The second-order valence-electron chi connectivity index (χ2n) is 5.56. The molecular formula is C21H16ClNO2. The lowest BCUT2D eigenvalue weighted by Crippen LogP contribution is -2.08. The zero-order valence-corrected chi connectivity index (χ0v) is 14.4. The van der Waals surface area contributed by atoms with Gasteiger partial charge in [0.2, 0.25) is 0 Å². The van der Waals surface area contributed by atoms with Gasteiger partial charge in [0.15, 0.2) is 0 Å². The maximum Gasteiger partial charge on any atom is 0.343 e. The molecule has 0 heterocycles. The number of rotatable bonds is 4. The highest BCUT2D eigenvalue weighted by Gasteiger charge is 2.08. The molecule has 3 aromatic rings. The second-order valence-corrected chi connectivity index (χ2v) is 6.00. The first-order chi connectivity index (χ1) is 12.1. The Hall–Kier alpha value is -2.91. The SMILES string of the molecule is Cc1ccc(OC(=O)c2ccc(C=Nc3ccc(Cl)cc3)cc2)cc1. The lowest BCUT2D eigenvalue weighted by molar-refractivity contribution is 0.0734. The van der Waals surface area contributed by atoms with Gasteiger partial charge in [-0.05, 0) is 61.0 Å². The molecule has 0 aliphatic carbocycles. The molecule has 0 unspecified atom stereocenters. The Morgan fingerprint density at radius 2 is 1.56 bits per heavy atom. The average Bonchev–Trinajstić information content (AvgIpc) is 2.63. The normalized spacial score (nSPS) is 10.8. The van der Waals surface area contributed by atoms with Crippen LogP contribution in [0.3, 0.4) is 0 Å². The van der Waals surface area contributed by atoms with Crippen LogP contribution in [0.1, 0.15) is 21.5 Å². The highest BCUT2D eigenvalue weighted by Crippen LogP contribution is 2.17. The average molecular weight is 350 g/mol. The fourth-order valence-electron chi connectivity index (χ4n) is 2.15. The predicted molar refractivity (Wildman–Crippen MR) is 101 cm³/mol. The molecule has 0 spiro atoms. The van der Waals surface area contributed by atoms with Crippen LogP contribution >= 0.6 is 11.6 Å². The molecule has 0 atom stereocenters. The van der Waals surface area contributed by atoms with Crippen LogP contribution < -0.4 is 4.74 Å². The summed E-state index contributed by atoms with van der Waals surface area (Å²) in [4.78, 5) is 16.5. The molecule has 0 N–H and O–H groups in total. The summed E-state index contributed by atoms with van der Waals surface area (Å²) in [6.45, 7) is 1.98. The molecule has 124 valence electrons. The van der Waals surface area contributed by atoms with Crippen molar-refractivity contribution in [1.82, 2.24) is 0 Å². The third kappa shape index (κ3) is 4.78. The molecule has 3 nitrogen and oxygen atoms in total. The molecule has 0 bridgehead atoms. The van der Waals surface area contributed by atoms with Crippen LogP contribution in [-0.2, 0) is 0 Å². The molecule has 0 saturated carbocycles. The third-order valence-corrected chi connectivity index (χ3v) is 3.82. The van der Waals surface area contributed by atoms with E-state index in [2.05, 4.69) is 4.99 Å². The van der Waals surface area contributed by atoms with E-state index in [0.717, 1.165) is 16.8 Å². The number of carbonyl (C=O) groups excluding carboxylic acids is 1. The van der Waals surface area contributed by atoms with Crippen molar-refractivity contribution >= 4 is 29.5 Å². The highest BCUT2D eigenvalue weighted by atomic mass is 35.5. The number of aryl methyl sites for hydroxylation is 1. The lowest BCUT2D eigenvalue weighted by Gasteiger charge is -2.05. The van der Waals surface area contributed by atoms with Crippen LogP contribution in [0.4, 0.5) is 5.69 Å². The van der Waals surface area contributed by atoms with E-state index in [9.17, 15) is 4.79 Å². The quantitative estimate of drug-likeness (QED) is 0.348. The molecule has 0 amide bonds. The Bertz CT molecular complexity index is 883. The van der Waals surface area contributed by atoms with E-state index in [0.29, 0.717) is 16.3 Å². The van der Waals surface area contributed by atoms with Gasteiger partial charge in [-0.1, -0.05) is 41.4 Å². The number of halogens is 1. The number of hydrogen-bond acceptors (Lipinski definition) is 3. The van der Waals surface area contributed by atoms with E-state index in [1.54, 1.807) is 42.6 Å². The van der Waals surface area contributed by atoms with Gasteiger partial charge in [-0.15, -0.1) is 0 Å². The summed E-state index contributed by atoms with van der Waals surface area (Å²) in [5.41, 5.74) is 3.31. The number of esters is 1. The Morgan fingerprint density at radius 3 is 2.20 bits per heavy atom. The molecule has 0 aliphatic heterocycles. The Balaban J connectivity index is 1.66. The first-order valence-electron chi connectivity index (χ1n) is 7.79. The molecule has 3 rings (SSSR count). The number of carbonyl (C=O) groups is 1. The second kappa shape index (κ2) is 7.77. The number of hydrogen-bond donors (Lipinski definition) is 0. The molecule has 0 aliphatic rings. The molecule has 0 aromatic heterocycles. The van der Waals surface area contributed by atoms with Crippen molar-refractivity contribution in [3.8, 4) is 5.75 Å². The standard InChI is InChI=1S/C21H16ClNO2/c1-15-2-12-20(13-3-15)25-21(24)17-6-4-16(5-7-17)14-23-19-10-8-18(22)9-11-19/h2-14H,1H3. The van der Waals surface area contributed by atoms with E-state index in [-0.39, 0.29) is 5.97 Å². The summed E-state index contributed by atoms with van der Waals surface area (Å²) in [6.07, 6.45) is 1.73. The molecule has 25 heavy (non-hydrogen) atoms. The molecule has 4 heteroatoms. The van der Waals surface area contributed by atoms with Crippen LogP contribution in [0.25, 0.3) is 0 Å². The third-order valence-electron chi connectivity index (χ3n) is 3.57. The Labute approximate surface area is 151 Å². The van der Waals surface area contributed by atoms with E-state index in [1.165, 1.54) is 0 Å². The first-order valence-corrected chi connectivity index (χ1v) is 8.16. The maximum absolute atomic E-state index is 12.2. The van der Waals surface area contributed by atoms with Crippen LogP contribution in [0.15, 0.2) is 77.8 Å². The van der Waals surface area contributed by atoms with Gasteiger partial charge in [0.25, 0.3) is 0 Å². The lowest BCUT2D eigenvalue weighted by atomic mass is 10.1. The number of benzene rings is 3. The predicted octanol–water partition coefficient (Wildman–Crippen LogP) is 5.62. The van der Waals surface area contributed by atoms with Crippen molar-refractivity contribution in [1.29, 1.82) is 0 Å². The van der Waals surface area contributed by atoms with Gasteiger partial charge >= 0.3 is 5.97 Å². The van der Waals surface area contributed by atoms with Crippen molar-refractivity contribution in [3.63, 3.8) is 0 Å². The summed E-state index contributed by atoms with van der Waals surface area (Å²) < 4.78 is 5.35. The molecule has 3 aromatic carbocycles. The van der Waals surface area contributed by atoms with Gasteiger partial charge < -0.3 is 4.74 Å². The van der Waals surface area contributed by atoms with Gasteiger partial charge in [-0.25, -0.2) is 4.79 Å². The monoisotopic (exact) mass is 349 g/mol.